The SMILES string of the molecule is CCN(c1cc(-c2ccc3c(c2)N(C(=O)OC(C)(C)C)CC32CCOCC2)cc(C(=O)NCc2c(C)cc(C)[nH]c2=O)c1C)C1CCN(C(=O)OC(C)(C)C)CC1. The zero-order valence-electron chi connectivity index (χ0n) is 35.5. The number of carbonyl (C=O) groups is 3. The van der Waals surface area contributed by atoms with Gasteiger partial charge in [0.15, 0.2) is 0 Å². The van der Waals surface area contributed by atoms with E-state index in [9.17, 15) is 19.2 Å². The molecule has 0 bridgehead atoms. The number of pyridine rings is 1. The van der Waals surface area contributed by atoms with E-state index in [2.05, 4.69) is 46.4 Å². The molecule has 2 N–H and O–H groups in total. The molecular formula is C45H61N5O7. The molecule has 2 saturated heterocycles. The molecule has 12 heteroatoms. The van der Waals surface area contributed by atoms with Gasteiger partial charge in [-0.2, -0.15) is 0 Å². The fraction of sp³-hybridized carbons (Fsp3) is 0.556. The van der Waals surface area contributed by atoms with Crippen molar-refractivity contribution in [2.45, 2.75) is 124 Å². The van der Waals surface area contributed by atoms with Crippen LogP contribution in [0.2, 0.25) is 0 Å². The summed E-state index contributed by atoms with van der Waals surface area (Å²) in [6.45, 7) is 22.7. The normalized spacial score (nSPS) is 17.0. The Morgan fingerprint density at radius 2 is 1.56 bits per heavy atom. The molecule has 308 valence electrons. The van der Waals surface area contributed by atoms with Crippen LogP contribution in [0.15, 0.2) is 41.2 Å². The smallest absolute Gasteiger partial charge is 0.414 e. The molecule has 3 aromatic rings. The van der Waals surface area contributed by atoms with Crippen molar-refractivity contribution in [3.05, 3.63) is 80.3 Å². The van der Waals surface area contributed by atoms with Crippen molar-refractivity contribution >= 4 is 29.5 Å². The molecule has 0 saturated carbocycles. The summed E-state index contributed by atoms with van der Waals surface area (Å²) in [6.07, 6.45) is 2.40. The quantitative estimate of drug-likeness (QED) is 0.247. The van der Waals surface area contributed by atoms with Crippen molar-refractivity contribution in [1.82, 2.24) is 15.2 Å². The van der Waals surface area contributed by atoms with Gasteiger partial charge < -0.3 is 34.3 Å². The Kier molecular flexibility index (Phi) is 11.9. The zero-order chi connectivity index (χ0) is 41.4. The summed E-state index contributed by atoms with van der Waals surface area (Å²) in [4.78, 5) is 62.6. The van der Waals surface area contributed by atoms with Crippen molar-refractivity contribution in [2.75, 3.05) is 49.2 Å². The highest BCUT2D eigenvalue weighted by Gasteiger charge is 2.47. The van der Waals surface area contributed by atoms with E-state index in [1.807, 2.05) is 74.4 Å². The summed E-state index contributed by atoms with van der Waals surface area (Å²) in [5.41, 5.74) is 6.26. The highest BCUT2D eigenvalue weighted by atomic mass is 16.6. The molecule has 3 aliphatic heterocycles. The van der Waals surface area contributed by atoms with Gasteiger partial charge in [-0.3, -0.25) is 14.5 Å². The minimum Gasteiger partial charge on any atom is -0.444 e. The summed E-state index contributed by atoms with van der Waals surface area (Å²) in [7, 11) is 0. The van der Waals surface area contributed by atoms with Crippen LogP contribution in [0.4, 0.5) is 21.0 Å². The van der Waals surface area contributed by atoms with E-state index < -0.39 is 11.2 Å². The molecule has 0 radical (unpaired) electrons. The number of hydrogen-bond acceptors (Lipinski definition) is 8. The van der Waals surface area contributed by atoms with Gasteiger partial charge in [0.1, 0.15) is 11.2 Å². The van der Waals surface area contributed by atoms with Crippen LogP contribution in [0.25, 0.3) is 11.1 Å². The average molecular weight is 784 g/mol. The van der Waals surface area contributed by atoms with Crippen LogP contribution < -0.4 is 20.7 Å². The second-order valence-electron chi connectivity index (χ2n) is 18.0. The van der Waals surface area contributed by atoms with E-state index in [-0.39, 0.29) is 41.7 Å². The number of likely N-dealkylation sites (tertiary alicyclic amines) is 1. The lowest BCUT2D eigenvalue weighted by Crippen LogP contribution is -2.48. The predicted molar refractivity (Wildman–Crippen MR) is 223 cm³/mol. The van der Waals surface area contributed by atoms with E-state index in [1.54, 1.807) is 9.80 Å². The Bertz CT molecular complexity index is 2060. The number of H-pyrrole nitrogens is 1. The molecule has 6 rings (SSSR count). The fourth-order valence-corrected chi connectivity index (χ4v) is 8.60. The average Bonchev–Trinajstić information content (AvgIpc) is 3.43. The third kappa shape index (κ3) is 9.16. The summed E-state index contributed by atoms with van der Waals surface area (Å²) >= 11 is 0. The number of aromatic amines is 1. The number of nitrogens with zero attached hydrogens (tertiary/aromatic N) is 3. The second-order valence-corrected chi connectivity index (χ2v) is 18.0. The van der Waals surface area contributed by atoms with Gasteiger partial charge in [0.05, 0.1) is 5.69 Å². The number of carbonyl (C=O) groups excluding carboxylic acids is 3. The highest BCUT2D eigenvalue weighted by Crippen LogP contribution is 2.49. The van der Waals surface area contributed by atoms with Crippen molar-refractivity contribution in [1.29, 1.82) is 0 Å². The fourth-order valence-electron chi connectivity index (χ4n) is 8.60. The Hall–Kier alpha value is -4.84. The van der Waals surface area contributed by atoms with Crippen LogP contribution in [-0.4, -0.2) is 84.6 Å². The molecule has 57 heavy (non-hydrogen) atoms. The first-order chi connectivity index (χ1) is 26.8. The first-order valence-corrected chi connectivity index (χ1v) is 20.4. The number of hydrogen-bond donors (Lipinski definition) is 2. The van der Waals surface area contributed by atoms with Crippen molar-refractivity contribution in [3.63, 3.8) is 0 Å². The number of rotatable bonds is 7. The number of benzene rings is 2. The lowest BCUT2D eigenvalue weighted by atomic mass is 9.75. The minimum absolute atomic E-state index is 0.0788. The van der Waals surface area contributed by atoms with Crippen LogP contribution >= 0.6 is 0 Å². The van der Waals surface area contributed by atoms with Gasteiger partial charge in [0, 0.05) is 79.9 Å². The van der Waals surface area contributed by atoms with Crippen LogP contribution in [0.3, 0.4) is 0 Å². The second kappa shape index (κ2) is 16.2. The number of piperidine rings is 1. The number of anilines is 2. The van der Waals surface area contributed by atoms with E-state index in [0.717, 1.165) is 70.6 Å². The Balaban J connectivity index is 1.40. The molecule has 1 spiro atoms. The molecular weight excluding hydrogens is 723 g/mol. The maximum Gasteiger partial charge on any atom is 0.414 e. The van der Waals surface area contributed by atoms with Crippen LogP contribution in [0, 0.1) is 20.8 Å². The Labute approximate surface area is 337 Å². The molecule has 1 aromatic heterocycles. The first-order valence-electron chi connectivity index (χ1n) is 20.4. The predicted octanol–water partition coefficient (Wildman–Crippen LogP) is 7.93. The number of amides is 3. The highest BCUT2D eigenvalue weighted by molar-refractivity contribution is 5.99. The van der Waals surface area contributed by atoms with Crippen LogP contribution in [0.5, 0.6) is 0 Å². The largest absolute Gasteiger partial charge is 0.444 e. The maximum absolute atomic E-state index is 14.3. The number of aryl methyl sites for hydroxylation is 2. The van der Waals surface area contributed by atoms with Crippen molar-refractivity contribution < 1.29 is 28.6 Å². The van der Waals surface area contributed by atoms with E-state index in [1.165, 1.54) is 0 Å². The lowest BCUT2D eigenvalue weighted by Gasteiger charge is -2.40. The monoisotopic (exact) mass is 783 g/mol. The van der Waals surface area contributed by atoms with E-state index >= 15 is 0 Å². The molecule has 3 aliphatic rings. The van der Waals surface area contributed by atoms with Crippen LogP contribution in [0.1, 0.15) is 112 Å². The molecule has 3 amide bonds. The van der Waals surface area contributed by atoms with Gasteiger partial charge >= 0.3 is 12.2 Å². The maximum atomic E-state index is 14.3. The summed E-state index contributed by atoms with van der Waals surface area (Å²) in [6, 6.07) is 12.4. The third-order valence-corrected chi connectivity index (χ3v) is 11.5. The Morgan fingerprint density at radius 3 is 2.18 bits per heavy atom. The van der Waals surface area contributed by atoms with Crippen molar-refractivity contribution in [3.8, 4) is 11.1 Å². The topological polar surface area (TPSA) is 134 Å². The molecule has 2 fully saturated rings. The molecule has 2 aromatic carbocycles. The molecule has 0 aliphatic carbocycles. The van der Waals surface area contributed by atoms with E-state index in [0.29, 0.717) is 50.5 Å². The van der Waals surface area contributed by atoms with Gasteiger partial charge in [-0.15, -0.1) is 0 Å². The zero-order valence-corrected chi connectivity index (χ0v) is 35.5. The molecule has 12 nitrogen and oxygen atoms in total. The van der Waals surface area contributed by atoms with Gasteiger partial charge in [-0.05, 0) is 147 Å². The summed E-state index contributed by atoms with van der Waals surface area (Å²) < 4.78 is 17.4. The van der Waals surface area contributed by atoms with Gasteiger partial charge in [0.25, 0.3) is 11.5 Å². The van der Waals surface area contributed by atoms with E-state index in [4.69, 9.17) is 14.2 Å². The molecule has 0 atom stereocenters. The summed E-state index contributed by atoms with van der Waals surface area (Å²) in [5, 5.41) is 3.04. The van der Waals surface area contributed by atoms with Crippen LogP contribution in [-0.2, 0) is 26.2 Å². The lowest BCUT2D eigenvalue weighted by molar-refractivity contribution is 0.0204. The Morgan fingerprint density at radius 1 is 0.912 bits per heavy atom. The minimum atomic E-state index is -0.664. The first kappa shape index (κ1) is 41.8. The number of ether oxygens (including phenoxy) is 3. The summed E-state index contributed by atoms with van der Waals surface area (Å²) in [5.74, 6) is -0.288. The van der Waals surface area contributed by atoms with Gasteiger partial charge in [0.2, 0.25) is 0 Å². The van der Waals surface area contributed by atoms with Gasteiger partial charge in [-0.1, -0.05) is 12.1 Å². The molecule has 0 unspecified atom stereocenters. The molecule has 4 heterocycles. The van der Waals surface area contributed by atoms with Crippen molar-refractivity contribution in [2.24, 2.45) is 0 Å². The standard InChI is InChI=1S/C45H61N5O7/c1-11-49(33-14-18-48(19-15-33)41(53)56-43(5,6)7)37-25-32(23-34(30(37)4)39(51)46-26-35-28(2)22-29(3)47-40(35)52)31-12-13-36-38(24-31)50(42(54)57-44(8,9)10)27-45(36)16-20-55-21-17-45/h12-13,22-25,33H,11,14-21,26-27H2,1-10H3,(H,46,51)(H,47,52). The number of aromatic nitrogens is 1. The third-order valence-electron chi connectivity index (χ3n) is 11.5. The number of nitrogens with one attached hydrogen (secondary N) is 2. The van der Waals surface area contributed by atoms with Gasteiger partial charge in [-0.25, -0.2) is 9.59 Å². The number of fused-ring (bicyclic) bond motifs is 2.